The van der Waals surface area contributed by atoms with Crippen LogP contribution in [-0.4, -0.2) is 12.4 Å². The number of hydrogen-bond donors (Lipinski definition) is 0. The van der Waals surface area contributed by atoms with Gasteiger partial charge in [-0.1, -0.05) is 0 Å². The van der Waals surface area contributed by atoms with Gasteiger partial charge in [0.2, 0.25) is 0 Å². The summed E-state index contributed by atoms with van der Waals surface area (Å²) >= 11 is 2.15. The van der Waals surface area contributed by atoms with Gasteiger partial charge in [0.25, 0.3) is 0 Å². The van der Waals surface area contributed by atoms with Crippen LogP contribution in [0.5, 0.6) is 5.75 Å². The Morgan fingerprint density at radius 3 is 2.64 bits per heavy atom. The van der Waals surface area contributed by atoms with E-state index in [9.17, 15) is 4.79 Å². The lowest BCUT2D eigenvalue weighted by Gasteiger charge is -2.10. The van der Waals surface area contributed by atoms with Gasteiger partial charge in [0.1, 0.15) is 5.75 Å². The predicted octanol–water partition coefficient (Wildman–Crippen LogP) is 3.20. The van der Waals surface area contributed by atoms with Crippen LogP contribution in [-0.2, 0) is 0 Å². The third-order valence-corrected chi connectivity index (χ3v) is 2.98. The molecule has 0 heterocycles. The van der Waals surface area contributed by atoms with Crippen LogP contribution in [0.25, 0.3) is 0 Å². The highest BCUT2D eigenvalue weighted by Crippen LogP contribution is 2.26. The normalized spacial score (nSPS) is 10.0. The lowest BCUT2D eigenvalue weighted by Crippen LogP contribution is -2.02. The summed E-state index contributed by atoms with van der Waals surface area (Å²) < 4.78 is 6.35. The number of aryl methyl sites for hydroxylation is 1. The van der Waals surface area contributed by atoms with Gasteiger partial charge in [0.05, 0.1) is 10.2 Å². The van der Waals surface area contributed by atoms with Crippen molar-refractivity contribution in [2.24, 2.45) is 0 Å². The van der Waals surface area contributed by atoms with Crippen LogP contribution in [0.3, 0.4) is 0 Å². The van der Waals surface area contributed by atoms with Crippen LogP contribution in [0.4, 0.5) is 0 Å². The van der Waals surface area contributed by atoms with Gasteiger partial charge in [0.15, 0.2) is 5.78 Å². The molecule has 0 aliphatic rings. The smallest absolute Gasteiger partial charge is 0.161 e. The van der Waals surface area contributed by atoms with E-state index in [1.807, 2.05) is 26.0 Å². The summed E-state index contributed by atoms with van der Waals surface area (Å²) in [6, 6.07) is 3.85. The van der Waals surface area contributed by atoms with Gasteiger partial charge in [0, 0.05) is 5.56 Å². The maximum atomic E-state index is 11.3. The first-order valence-corrected chi connectivity index (χ1v) is 5.58. The number of Topliss-reactive ketones (excluding diaryl/α,β-unsaturated/α-hetero) is 1. The van der Waals surface area contributed by atoms with E-state index in [-0.39, 0.29) is 5.78 Å². The minimum Gasteiger partial charge on any atom is -0.493 e. The van der Waals surface area contributed by atoms with E-state index < -0.39 is 0 Å². The number of rotatable bonds is 3. The molecule has 0 radical (unpaired) electrons. The van der Waals surface area contributed by atoms with Crippen molar-refractivity contribution >= 4 is 28.4 Å². The van der Waals surface area contributed by atoms with Crippen LogP contribution < -0.4 is 4.74 Å². The van der Waals surface area contributed by atoms with E-state index in [0.717, 1.165) is 20.4 Å². The molecule has 0 N–H and O–H groups in total. The highest BCUT2D eigenvalue weighted by molar-refractivity contribution is 14.1. The summed E-state index contributed by atoms with van der Waals surface area (Å²) in [5.41, 5.74) is 1.80. The Morgan fingerprint density at radius 1 is 1.50 bits per heavy atom. The summed E-state index contributed by atoms with van der Waals surface area (Å²) in [6.07, 6.45) is 0. The molecule has 76 valence electrons. The number of ketones is 1. The van der Waals surface area contributed by atoms with Crippen molar-refractivity contribution in [1.29, 1.82) is 0 Å². The summed E-state index contributed by atoms with van der Waals surface area (Å²) in [5, 5.41) is 0. The first kappa shape index (κ1) is 11.5. The largest absolute Gasteiger partial charge is 0.493 e. The lowest BCUT2D eigenvalue weighted by molar-refractivity contribution is 0.101. The molecule has 0 bridgehead atoms. The van der Waals surface area contributed by atoms with Crippen molar-refractivity contribution in [3.63, 3.8) is 0 Å². The van der Waals surface area contributed by atoms with Crippen LogP contribution in [0.2, 0.25) is 0 Å². The SMILES string of the molecule is CCOc1cc(C)cc(C(C)=O)c1I. The fourth-order valence-electron chi connectivity index (χ4n) is 1.25. The molecule has 0 spiro atoms. The number of carbonyl (C=O) groups is 1. The van der Waals surface area contributed by atoms with Gasteiger partial charge < -0.3 is 4.74 Å². The first-order valence-electron chi connectivity index (χ1n) is 4.50. The molecule has 3 heteroatoms. The second-order valence-electron chi connectivity index (χ2n) is 3.11. The second-order valence-corrected chi connectivity index (χ2v) is 4.19. The van der Waals surface area contributed by atoms with Crippen LogP contribution >= 0.6 is 22.6 Å². The van der Waals surface area contributed by atoms with E-state index in [1.54, 1.807) is 6.92 Å². The molecule has 0 amide bonds. The average molecular weight is 304 g/mol. The molecule has 0 unspecified atom stereocenters. The molecule has 0 aliphatic heterocycles. The molecular weight excluding hydrogens is 291 g/mol. The van der Waals surface area contributed by atoms with Crippen molar-refractivity contribution in [1.82, 2.24) is 0 Å². The molecule has 1 rings (SSSR count). The standard InChI is InChI=1S/C11H13IO2/c1-4-14-10-6-7(2)5-9(8(3)13)11(10)12/h5-6H,4H2,1-3H3. The maximum absolute atomic E-state index is 11.3. The van der Waals surface area contributed by atoms with Gasteiger partial charge in [-0.3, -0.25) is 4.79 Å². The van der Waals surface area contributed by atoms with Crippen molar-refractivity contribution in [2.45, 2.75) is 20.8 Å². The van der Waals surface area contributed by atoms with E-state index >= 15 is 0 Å². The Kier molecular flexibility index (Phi) is 3.92. The first-order chi connectivity index (χ1) is 6.56. The quantitative estimate of drug-likeness (QED) is 0.633. The Morgan fingerprint density at radius 2 is 2.14 bits per heavy atom. The fraction of sp³-hybridized carbons (Fsp3) is 0.364. The van der Waals surface area contributed by atoms with Gasteiger partial charge >= 0.3 is 0 Å². The fourth-order valence-corrected chi connectivity index (χ4v) is 2.10. The van der Waals surface area contributed by atoms with Crippen LogP contribution in [0.1, 0.15) is 29.8 Å². The molecule has 0 atom stereocenters. The summed E-state index contributed by atoms with van der Waals surface area (Å²) in [6.45, 7) is 6.10. The van der Waals surface area contributed by atoms with E-state index in [0.29, 0.717) is 6.61 Å². The van der Waals surface area contributed by atoms with Crippen molar-refractivity contribution in [3.8, 4) is 5.75 Å². The van der Waals surface area contributed by atoms with E-state index in [1.165, 1.54) is 0 Å². The Labute approximate surface area is 97.8 Å². The summed E-state index contributed by atoms with van der Waals surface area (Å²) in [5.74, 6) is 0.886. The zero-order valence-electron chi connectivity index (χ0n) is 8.56. The van der Waals surface area contributed by atoms with Gasteiger partial charge in [-0.2, -0.15) is 0 Å². The molecule has 1 aromatic rings. The summed E-state index contributed by atoms with van der Waals surface area (Å²) in [7, 11) is 0. The number of benzene rings is 1. The van der Waals surface area contributed by atoms with Crippen LogP contribution in [0.15, 0.2) is 12.1 Å². The maximum Gasteiger partial charge on any atom is 0.161 e. The van der Waals surface area contributed by atoms with E-state index in [4.69, 9.17) is 4.74 Å². The van der Waals surface area contributed by atoms with Gasteiger partial charge in [-0.15, -0.1) is 0 Å². The Bertz CT molecular complexity index is 359. The minimum atomic E-state index is 0.0825. The number of carbonyl (C=O) groups excluding carboxylic acids is 1. The third kappa shape index (κ3) is 2.47. The molecule has 0 aliphatic carbocycles. The second kappa shape index (κ2) is 4.77. The number of halogens is 1. The highest BCUT2D eigenvalue weighted by atomic mass is 127. The zero-order chi connectivity index (χ0) is 10.7. The van der Waals surface area contributed by atoms with E-state index in [2.05, 4.69) is 22.6 Å². The highest BCUT2D eigenvalue weighted by Gasteiger charge is 2.11. The summed E-state index contributed by atoms with van der Waals surface area (Å²) in [4.78, 5) is 11.3. The number of ether oxygens (including phenoxy) is 1. The predicted molar refractivity (Wildman–Crippen MR) is 65.1 cm³/mol. The molecule has 0 saturated heterocycles. The number of hydrogen-bond acceptors (Lipinski definition) is 2. The molecule has 2 nitrogen and oxygen atoms in total. The molecule has 0 fully saturated rings. The molecule has 0 aromatic heterocycles. The van der Waals surface area contributed by atoms with Crippen molar-refractivity contribution < 1.29 is 9.53 Å². The Balaban J connectivity index is 3.24. The van der Waals surface area contributed by atoms with Crippen LogP contribution in [0, 0.1) is 10.5 Å². The lowest BCUT2D eigenvalue weighted by atomic mass is 10.1. The zero-order valence-corrected chi connectivity index (χ0v) is 10.7. The van der Waals surface area contributed by atoms with Gasteiger partial charge in [-0.05, 0) is 61.1 Å². The molecule has 14 heavy (non-hydrogen) atoms. The average Bonchev–Trinajstić information content (AvgIpc) is 2.10. The third-order valence-electron chi connectivity index (χ3n) is 1.86. The monoisotopic (exact) mass is 304 g/mol. The molecule has 0 saturated carbocycles. The van der Waals surface area contributed by atoms with Crippen molar-refractivity contribution in [2.75, 3.05) is 6.61 Å². The van der Waals surface area contributed by atoms with Gasteiger partial charge in [-0.25, -0.2) is 0 Å². The van der Waals surface area contributed by atoms with Crippen molar-refractivity contribution in [3.05, 3.63) is 26.8 Å². The minimum absolute atomic E-state index is 0.0825. The Hall–Kier alpha value is -0.580. The molecule has 1 aromatic carbocycles. The topological polar surface area (TPSA) is 26.3 Å². The molecular formula is C11H13IO2.